The minimum absolute atomic E-state index is 0.0861. The summed E-state index contributed by atoms with van der Waals surface area (Å²) in [7, 11) is 0. The normalized spacial score (nSPS) is 12.1. The summed E-state index contributed by atoms with van der Waals surface area (Å²) < 4.78 is 19.9. The second-order valence-corrected chi connectivity index (χ2v) is 2.59. The minimum Gasteiger partial charge on any atom is -0.435 e. The number of carbonyl (C=O) groups excluding carboxylic acids is 1. The third-order valence-corrected chi connectivity index (χ3v) is 1.43. The molecule has 0 amide bonds. The second-order valence-electron chi connectivity index (χ2n) is 2.59. The average Bonchev–Trinajstić information content (AvgIpc) is 2.23. The van der Waals surface area contributed by atoms with Crippen molar-refractivity contribution in [1.82, 2.24) is 0 Å². The van der Waals surface area contributed by atoms with Crippen molar-refractivity contribution >= 4 is 5.97 Å². The standard InChI is InChI=1S/C10H18O5/c1-4-10(11)15-8-12-6-7-14-9(3)13-5-2/h4,9H,1,5-8H2,2-3H3. The Morgan fingerprint density at radius 3 is 2.73 bits per heavy atom. The van der Waals surface area contributed by atoms with Crippen LogP contribution in [0.25, 0.3) is 0 Å². The van der Waals surface area contributed by atoms with Crippen LogP contribution in [-0.4, -0.2) is 38.9 Å². The van der Waals surface area contributed by atoms with Gasteiger partial charge in [-0.1, -0.05) is 6.58 Å². The highest BCUT2D eigenvalue weighted by Gasteiger charge is 1.99. The summed E-state index contributed by atoms with van der Waals surface area (Å²) in [5.41, 5.74) is 0. The van der Waals surface area contributed by atoms with Gasteiger partial charge in [-0.25, -0.2) is 4.79 Å². The van der Waals surface area contributed by atoms with Gasteiger partial charge in [-0.2, -0.15) is 0 Å². The van der Waals surface area contributed by atoms with Gasteiger partial charge in [0, 0.05) is 12.7 Å². The summed E-state index contributed by atoms with van der Waals surface area (Å²) in [5, 5.41) is 0. The molecule has 0 spiro atoms. The van der Waals surface area contributed by atoms with Crippen molar-refractivity contribution in [1.29, 1.82) is 0 Å². The lowest BCUT2D eigenvalue weighted by molar-refractivity contribution is -0.160. The highest BCUT2D eigenvalue weighted by atomic mass is 16.7. The smallest absolute Gasteiger partial charge is 0.332 e. The summed E-state index contributed by atoms with van der Waals surface area (Å²) in [6, 6.07) is 0. The van der Waals surface area contributed by atoms with E-state index in [-0.39, 0.29) is 13.1 Å². The van der Waals surface area contributed by atoms with Crippen LogP contribution in [0.5, 0.6) is 0 Å². The van der Waals surface area contributed by atoms with Crippen LogP contribution in [-0.2, 0) is 23.7 Å². The Kier molecular flexibility index (Phi) is 9.05. The summed E-state index contributed by atoms with van der Waals surface area (Å²) in [6.07, 6.45) is 0.839. The van der Waals surface area contributed by atoms with Crippen molar-refractivity contribution in [3.05, 3.63) is 12.7 Å². The molecule has 0 aromatic heterocycles. The molecule has 0 heterocycles. The van der Waals surface area contributed by atoms with E-state index in [1.165, 1.54) is 0 Å². The van der Waals surface area contributed by atoms with Crippen LogP contribution in [0.15, 0.2) is 12.7 Å². The Labute approximate surface area is 89.9 Å². The molecule has 1 unspecified atom stereocenters. The van der Waals surface area contributed by atoms with Gasteiger partial charge in [-0.3, -0.25) is 0 Å². The van der Waals surface area contributed by atoms with Gasteiger partial charge in [-0.15, -0.1) is 0 Å². The summed E-state index contributed by atoms with van der Waals surface area (Å²) in [5.74, 6) is -0.501. The largest absolute Gasteiger partial charge is 0.435 e. The fourth-order valence-electron chi connectivity index (χ4n) is 0.773. The SMILES string of the molecule is C=CC(=O)OCOCCOC(C)OCC. The minimum atomic E-state index is -0.501. The second kappa shape index (κ2) is 9.64. The Morgan fingerprint density at radius 1 is 1.40 bits per heavy atom. The third kappa shape index (κ3) is 9.40. The zero-order chi connectivity index (χ0) is 11.5. The molecule has 0 saturated heterocycles. The predicted molar refractivity (Wildman–Crippen MR) is 54.1 cm³/mol. The van der Waals surface area contributed by atoms with E-state index in [2.05, 4.69) is 11.3 Å². The van der Waals surface area contributed by atoms with E-state index in [0.717, 1.165) is 6.08 Å². The third-order valence-electron chi connectivity index (χ3n) is 1.43. The highest BCUT2D eigenvalue weighted by Crippen LogP contribution is 1.92. The Balaban J connectivity index is 3.17. The fourth-order valence-corrected chi connectivity index (χ4v) is 0.773. The lowest BCUT2D eigenvalue weighted by Crippen LogP contribution is -2.17. The van der Waals surface area contributed by atoms with Crippen molar-refractivity contribution < 1.29 is 23.7 Å². The van der Waals surface area contributed by atoms with E-state index in [1.54, 1.807) is 6.92 Å². The lowest BCUT2D eigenvalue weighted by Gasteiger charge is -2.12. The molecule has 0 radical (unpaired) electrons. The predicted octanol–water partition coefficient (Wildman–Crippen LogP) is 1.09. The summed E-state index contributed by atoms with van der Waals surface area (Å²) >= 11 is 0. The molecule has 88 valence electrons. The fraction of sp³-hybridized carbons (Fsp3) is 0.700. The van der Waals surface area contributed by atoms with E-state index < -0.39 is 5.97 Å². The number of esters is 1. The number of hydrogen-bond acceptors (Lipinski definition) is 5. The molecule has 15 heavy (non-hydrogen) atoms. The van der Waals surface area contributed by atoms with Gasteiger partial charge < -0.3 is 18.9 Å². The van der Waals surface area contributed by atoms with E-state index in [0.29, 0.717) is 19.8 Å². The van der Waals surface area contributed by atoms with Crippen LogP contribution in [0.4, 0.5) is 0 Å². The maximum atomic E-state index is 10.6. The maximum Gasteiger partial charge on any atom is 0.332 e. The Bertz CT molecular complexity index is 181. The van der Waals surface area contributed by atoms with Gasteiger partial charge in [0.15, 0.2) is 13.1 Å². The van der Waals surface area contributed by atoms with Crippen LogP contribution in [0.3, 0.4) is 0 Å². The molecule has 0 aromatic carbocycles. The van der Waals surface area contributed by atoms with E-state index in [4.69, 9.17) is 14.2 Å². The number of carbonyl (C=O) groups is 1. The topological polar surface area (TPSA) is 54.0 Å². The molecule has 5 heteroatoms. The first-order valence-corrected chi connectivity index (χ1v) is 4.80. The molecule has 5 nitrogen and oxygen atoms in total. The molecular formula is C10H18O5. The van der Waals surface area contributed by atoms with Gasteiger partial charge in [0.2, 0.25) is 0 Å². The van der Waals surface area contributed by atoms with E-state index in [1.807, 2.05) is 6.92 Å². The van der Waals surface area contributed by atoms with Crippen LogP contribution >= 0.6 is 0 Å². The molecular weight excluding hydrogens is 200 g/mol. The van der Waals surface area contributed by atoms with Crippen molar-refractivity contribution in [2.24, 2.45) is 0 Å². The van der Waals surface area contributed by atoms with Gasteiger partial charge in [0.25, 0.3) is 0 Å². The first kappa shape index (κ1) is 14.1. The van der Waals surface area contributed by atoms with E-state index >= 15 is 0 Å². The molecule has 0 aliphatic carbocycles. The maximum absolute atomic E-state index is 10.6. The summed E-state index contributed by atoms with van der Waals surface area (Å²) in [6.45, 7) is 8.22. The monoisotopic (exact) mass is 218 g/mol. The van der Waals surface area contributed by atoms with Crippen LogP contribution < -0.4 is 0 Å². The molecule has 0 aromatic rings. The lowest BCUT2D eigenvalue weighted by atomic mass is 10.7. The highest BCUT2D eigenvalue weighted by molar-refractivity contribution is 5.81. The van der Waals surface area contributed by atoms with Crippen LogP contribution in [0.1, 0.15) is 13.8 Å². The molecule has 0 saturated carbocycles. The Morgan fingerprint density at radius 2 is 2.13 bits per heavy atom. The van der Waals surface area contributed by atoms with Gasteiger partial charge in [0.05, 0.1) is 13.2 Å². The zero-order valence-electron chi connectivity index (χ0n) is 9.23. The van der Waals surface area contributed by atoms with Crippen molar-refractivity contribution in [3.8, 4) is 0 Å². The van der Waals surface area contributed by atoms with E-state index in [9.17, 15) is 4.79 Å². The van der Waals surface area contributed by atoms with Gasteiger partial charge in [-0.05, 0) is 13.8 Å². The Hall–Kier alpha value is -0.910. The van der Waals surface area contributed by atoms with Gasteiger partial charge in [0.1, 0.15) is 0 Å². The molecule has 1 atom stereocenters. The number of ether oxygens (including phenoxy) is 4. The number of hydrogen-bond donors (Lipinski definition) is 0. The first-order chi connectivity index (χ1) is 7.20. The van der Waals surface area contributed by atoms with Crippen molar-refractivity contribution in [3.63, 3.8) is 0 Å². The van der Waals surface area contributed by atoms with Crippen LogP contribution in [0, 0.1) is 0 Å². The first-order valence-electron chi connectivity index (χ1n) is 4.80. The average molecular weight is 218 g/mol. The number of rotatable bonds is 9. The van der Waals surface area contributed by atoms with Gasteiger partial charge >= 0.3 is 5.97 Å². The molecule has 0 fully saturated rings. The molecule has 0 N–H and O–H groups in total. The zero-order valence-corrected chi connectivity index (χ0v) is 9.23. The molecule has 0 aliphatic rings. The van der Waals surface area contributed by atoms with Crippen molar-refractivity contribution in [2.75, 3.05) is 26.6 Å². The molecule has 0 bridgehead atoms. The summed E-state index contributed by atoms with van der Waals surface area (Å²) in [4.78, 5) is 10.6. The molecule has 0 aliphatic heterocycles. The quantitative estimate of drug-likeness (QED) is 0.251. The van der Waals surface area contributed by atoms with Crippen LogP contribution in [0.2, 0.25) is 0 Å². The molecule has 0 rings (SSSR count). The van der Waals surface area contributed by atoms with Crippen molar-refractivity contribution in [2.45, 2.75) is 20.1 Å².